The van der Waals surface area contributed by atoms with Gasteiger partial charge in [0.2, 0.25) is 0 Å². The summed E-state index contributed by atoms with van der Waals surface area (Å²) in [6, 6.07) is 2.84. The first kappa shape index (κ1) is 17.3. The first-order chi connectivity index (χ1) is 9.25. The summed E-state index contributed by atoms with van der Waals surface area (Å²) in [6.45, 7) is 1.78. The number of hydrogen-bond acceptors (Lipinski definition) is 1. The van der Waals surface area contributed by atoms with E-state index >= 15 is 0 Å². The number of carbonyl (C=O) groups is 1. The van der Waals surface area contributed by atoms with Crippen LogP contribution in [-0.2, 0) is 6.18 Å². The van der Waals surface area contributed by atoms with Crippen LogP contribution in [0.2, 0.25) is 0 Å². The van der Waals surface area contributed by atoms with E-state index in [9.17, 15) is 18.0 Å². The van der Waals surface area contributed by atoms with Crippen LogP contribution in [0.5, 0.6) is 0 Å². The maximum Gasteiger partial charge on any atom is 0.416 e. The molecular weight excluding hydrogens is 358 g/mol. The molecule has 1 rings (SSSR count). The molecule has 0 fully saturated rings. The zero-order chi connectivity index (χ0) is 15.3. The van der Waals surface area contributed by atoms with Crippen LogP contribution in [0.1, 0.15) is 35.7 Å². The molecule has 20 heavy (non-hydrogen) atoms. The zero-order valence-corrected chi connectivity index (χ0v) is 13.1. The summed E-state index contributed by atoms with van der Waals surface area (Å²) in [6.07, 6.45) is -3.07. The lowest BCUT2D eigenvalue weighted by molar-refractivity contribution is -0.137. The molecule has 112 valence electrons. The van der Waals surface area contributed by atoms with Crippen molar-refractivity contribution in [1.82, 2.24) is 5.32 Å². The van der Waals surface area contributed by atoms with Crippen molar-refractivity contribution in [3.63, 3.8) is 0 Å². The Balaban J connectivity index is 2.87. The summed E-state index contributed by atoms with van der Waals surface area (Å²) >= 11 is 8.64. The second-order valence-corrected chi connectivity index (χ2v) is 5.63. The largest absolute Gasteiger partial charge is 0.416 e. The van der Waals surface area contributed by atoms with Gasteiger partial charge in [-0.1, -0.05) is 0 Å². The Labute approximate surface area is 128 Å². The molecular formula is C13H14BrClF3NO. The lowest BCUT2D eigenvalue weighted by Crippen LogP contribution is -2.33. The van der Waals surface area contributed by atoms with Crippen LogP contribution < -0.4 is 5.32 Å². The molecule has 0 aromatic heterocycles. The molecule has 1 amide bonds. The summed E-state index contributed by atoms with van der Waals surface area (Å²) < 4.78 is 38.2. The molecule has 0 heterocycles. The Bertz CT molecular complexity index is 479. The third-order valence-electron chi connectivity index (χ3n) is 2.69. The van der Waals surface area contributed by atoms with Crippen molar-refractivity contribution in [3.05, 3.63) is 33.8 Å². The number of nitrogens with one attached hydrogen (secondary N) is 1. The molecule has 2 nitrogen and oxygen atoms in total. The molecule has 1 aromatic rings. The average Bonchev–Trinajstić information content (AvgIpc) is 2.35. The van der Waals surface area contributed by atoms with Crippen molar-refractivity contribution < 1.29 is 18.0 Å². The smallest absolute Gasteiger partial charge is 0.350 e. The van der Waals surface area contributed by atoms with Gasteiger partial charge in [-0.15, -0.1) is 11.6 Å². The second-order valence-electron chi connectivity index (χ2n) is 4.40. The summed E-state index contributed by atoms with van der Waals surface area (Å²) in [5.41, 5.74) is -0.878. The predicted octanol–water partition coefficient (Wildman–Crippen LogP) is 4.61. The molecule has 1 N–H and O–H groups in total. The molecule has 0 saturated carbocycles. The Morgan fingerprint density at radius 2 is 2.10 bits per heavy atom. The maximum absolute atomic E-state index is 12.6. The standard InChI is InChI=1S/C13H14BrClF3NO/c1-8(3-2-6-15)19-12(20)10-7-9(13(16,17)18)4-5-11(10)14/h4-5,7-8H,2-3,6H2,1H3,(H,19,20). The SMILES string of the molecule is CC(CCCCl)NC(=O)c1cc(C(F)(F)F)ccc1Br. The topological polar surface area (TPSA) is 29.1 Å². The second kappa shape index (κ2) is 7.31. The highest BCUT2D eigenvalue weighted by atomic mass is 79.9. The van der Waals surface area contributed by atoms with Gasteiger partial charge in [-0.25, -0.2) is 0 Å². The van der Waals surface area contributed by atoms with Crippen LogP contribution in [-0.4, -0.2) is 17.8 Å². The summed E-state index contributed by atoms with van der Waals surface area (Å²) in [7, 11) is 0. The number of carbonyl (C=O) groups excluding carboxylic acids is 1. The molecule has 0 aliphatic rings. The number of rotatable bonds is 5. The van der Waals surface area contributed by atoms with Gasteiger partial charge in [-0.3, -0.25) is 4.79 Å². The first-order valence-electron chi connectivity index (χ1n) is 5.99. The van der Waals surface area contributed by atoms with E-state index in [0.29, 0.717) is 16.8 Å². The molecule has 0 spiro atoms. The number of alkyl halides is 4. The summed E-state index contributed by atoms with van der Waals surface area (Å²) in [4.78, 5) is 12.0. The highest BCUT2D eigenvalue weighted by Crippen LogP contribution is 2.31. The molecule has 1 unspecified atom stereocenters. The van der Waals surface area contributed by atoms with Gasteiger partial charge in [0.1, 0.15) is 0 Å². The lowest BCUT2D eigenvalue weighted by Gasteiger charge is -2.15. The van der Waals surface area contributed by atoms with Gasteiger partial charge in [0.05, 0.1) is 11.1 Å². The third kappa shape index (κ3) is 4.98. The Morgan fingerprint density at radius 1 is 1.45 bits per heavy atom. The average molecular weight is 373 g/mol. The minimum atomic E-state index is -4.47. The fourth-order valence-electron chi connectivity index (χ4n) is 1.63. The van der Waals surface area contributed by atoms with E-state index in [1.54, 1.807) is 6.92 Å². The van der Waals surface area contributed by atoms with Crippen LogP contribution in [0.3, 0.4) is 0 Å². The van der Waals surface area contributed by atoms with Crippen molar-refractivity contribution in [2.75, 3.05) is 5.88 Å². The molecule has 0 aliphatic heterocycles. The fourth-order valence-corrected chi connectivity index (χ4v) is 2.21. The molecule has 0 saturated heterocycles. The van der Waals surface area contributed by atoms with Crippen LogP contribution in [0.4, 0.5) is 13.2 Å². The van der Waals surface area contributed by atoms with Gasteiger partial charge in [0.15, 0.2) is 0 Å². The van der Waals surface area contributed by atoms with Gasteiger partial charge >= 0.3 is 6.18 Å². The van der Waals surface area contributed by atoms with Gasteiger partial charge in [0, 0.05) is 16.4 Å². The molecule has 1 aromatic carbocycles. The highest BCUT2D eigenvalue weighted by Gasteiger charge is 2.31. The van der Waals surface area contributed by atoms with E-state index in [1.165, 1.54) is 6.07 Å². The van der Waals surface area contributed by atoms with Gasteiger partial charge in [-0.2, -0.15) is 13.2 Å². The minimum absolute atomic E-state index is 0.0300. The van der Waals surface area contributed by atoms with Gasteiger partial charge in [-0.05, 0) is 53.9 Å². The predicted molar refractivity (Wildman–Crippen MR) is 76.0 cm³/mol. The van der Waals surface area contributed by atoms with Gasteiger partial charge in [0.25, 0.3) is 5.91 Å². The van der Waals surface area contributed by atoms with Crippen LogP contribution in [0.15, 0.2) is 22.7 Å². The maximum atomic E-state index is 12.6. The molecule has 0 aliphatic carbocycles. The molecule has 7 heteroatoms. The van der Waals surface area contributed by atoms with Crippen molar-refractivity contribution >= 4 is 33.4 Å². The summed E-state index contributed by atoms with van der Waals surface area (Å²) in [5, 5.41) is 2.66. The number of amides is 1. The fraction of sp³-hybridized carbons (Fsp3) is 0.462. The van der Waals surface area contributed by atoms with E-state index < -0.39 is 17.6 Å². The van der Waals surface area contributed by atoms with E-state index in [4.69, 9.17) is 11.6 Å². The monoisotopic (exact) mass is 371 g/mol. The summed E-state index contributed by atoms with van der Waals surface area (Å²) in [5.74, 6) is -0.0574. The number of benzene rings is 1. The zero-order valence-electron chi connectivity index (χ0n) is 10.7. The van der Waals surface area contributed by atoms with Crippen molar-refractivity contribution in [1.29, 1.82) is 0 Å². The Morgan fingerprint density at radius 3 is 2.65 bits per heavy atom. The quantitative estimate of drug-likeness (QED) is 0.752. The number of hydrogen-bond donors (Lipinski definition) is 1. The van der Waals surface area contributed by atoms with Gasteiger partial charge < -0.3 is 5.32 Å². The molecule has 0 bridgehead atoms. The van der Waals surface area contributed by atoms with Crippen molar-refractivity contribution in [2.45, 2.75) is 32.0 Å². The Kier molecular flexibility index (Phi) is 6.33. The Hall–Kier alpha value is -0.750. The third-order valence-corrected chi connectivity index (χ3v) is 3.65. The molecule has 0 radical (unpaired) electrons. The normalized spacial score (nSPS) is 13.1. The van der Waals surface area contributed by atoms with Crippen LogP contribution in [0, 0.1) is 0 Å². The lowest BCUT2D eigenvalue weighted by atomic mass is 10.1. The van der Waals surface area contributed by atoms with Crippen molar-refractivity contribution in [2.24, 2.45) is 0 Å². The van der Waals surface area contributed by atoms with Crippen LogP contribution in [0.25, 0.3) is 0 Å². The first-order valence-corrected chi connectivity index (χ1v) is 7.32. The molecule has 1 atom stereocenters. The minimum Gasteiger partial charge on any atom is -0.350 e. The van der Waals surface area contributed by atoms with E-state index in [1.807, 2.05) is 0 Å². The van der Waals surface area contributed by atoms with E-state index in [0.717, 1.165) is 18.6 Å². The van der Waals surface area contributed by atoms with Crippen LogP contribution >= 0.6 is 27.5 Å². The van der Waals surface area contributed by atoms with Crippen molar-refractivity contribution in [3.8, 4) is 0 Å². The van der Waals surface area contributed by atoms with E-state index in [-0.39, 0.29) is 11.6 Å². The van der Waals surface area contributed by atoms with E-state index in [2.05, 4.69) is 21.2 Å². The number of halogens is 5. The highest BCUT2D eigenvalue weighted by molar-refractivity contribution is 9.10.